The lowest BCUT2D eigenvalue weighted by atomic mass is 10.0. The number of benzene rings is 2. The monoisotopic (exact) mass is 434 g/mol. The van der Waals surface area contributed by atoms with Crippen LogP contribution in [0.4, 0.5) is 0 Å². The minimum atomic E-state index is -0.133. The molecule has 6 heteroatoms. The highest BCUT2D eigenvalue weighted by Gasteiger charge is 2.15. The van der Waals surface area contributed by atoms with Crippen molar-refractivity contribution in [1.29, 1.82) is 0 Å². The van der Waals surface area contributed by atoms with Gasteiger partial charge >= 0.3 is 0 Å². The molecular weight excluding hydrogens is 416 g/mol. The predicted octanol–water partition coefficient (Wildman–Crippen LogP) is 4.64. The van der Waals surface area contributed by atoms with Crippen molar-refractivity contribution in [1.82, 2.24) is 20.1 Å². The van der Waals surface area contributed by atoms with E-state index >= 15 is 0 Å². The summed E-state index contributed by atoms with van der Waals surface area (Å²) in [6.45, 7) is 2.41. The van der Waals surface area contributed by atoms with E-state index in [0.717, 1.165) is 37.9 Å². The number of hydrogen-bond donors (Lipinski definition) is 1. The van der Waals surface area contributed by atoms with Gasteiger partial charge in [-0.25, -0.2) is 4.98 Å². The zero-order valence-corrected chi connectivity index (χ0v) is 17.2. The maximum atomic E-state index is 13.1. The zero-order chi connectivity index (χ0) is 19.7. The Bertz CT molecular complexity index is 1170. The van der Waals surface area contributed by atoms with Crippen molar-refractivity contribution >= 4 is 32.7 Å². The fraction of sp³-hybridized carbons (Fsp3) is 0.136. The number of pyridine rings is 1. The van der Waals surface area contributed by atoms with Crippen LogP contribution in [0, 0.1) is 6.92 Å². The van der Waals surface area contributed by atoms with Crippen molar-refractivity contribution < 1.29 is 4.79 Å². The highest BCUT2D eigenvalue weighted by atomic mass is 79.9. The van der Waals surface area contributed by atoms with Gasteiger partial charge < -0.3 is 5.32 Å². The van der Waals surface area contributed by atoms with Crippen LogP contribution in [-0.2, 0) is 13.6 Å². The van der Waals surface area contributed by atoms with Gasteiger partial charge in [0.15, 0.2) is 0 Å². The molecule has 0 radical (unpaired) electrons. The number of amides is 1. The first-order valence-electron chi connectivity index (χ1n) is 8.94. The molecule has 0 unspecified atom stereocenters. The van der Waals surface area contributed by atoms with Gasteiger partial charge in [-0.15, -0.1) is 0 Å². The lowest BCUT2D eigenvalue weighted by Gasteiger charge is -2.11. The van der Waals surface area contributed by atoms with Crippen molar-refractivity contribution in [3.63, 3.8) is 0 Å². The van der Waals surface area contributed by atoms with Gasteiger partial charge in [-0.05, 0) is 31.2 Å². The molecule has 0 fully saturated rings. The summed E-state index contributed by atoms with van der Waals surface area (Å²) in [5, 5.41) is 8.07. The van der Waals surface area contributed by atoms with E-state index in [-0.39, 0.29) is 5.91 Å². The number of aryl methyl sites for hydroxylation is 1. The van der Waals surface area contributed by atoms with Crippen molar-refractivity contribution in [2.24, 2.45) is 7.05 Å². The smallest absolute Gasteiger partial charge is 0.252 e. The average Bonchev–Trinajstić information content (AvgIpc) is 3.04. The Hall–Kier alpha value is -2.99. The summed E-state index contributed by atoms with van der Waals surface area (Å²) in [4.78, 5) is 17.8. The number of nitrogens with zero attached hydrogens (tertiary/aromatic N) is 3. The maximum absolute atomic E-state index is 13.1. The van der Waals surface area contributed by atoms with Crippen LogP contribution in [0.15, 0.2) is 65.3 Å². The van der Waals surface area contributed by atoms with Gasteiger partial charge in [0.05, 0.1) is 23.0 Å². The average molecular weight is 435 g/mol. The second-order valence-corrected chi connectivity index (χ2v) is 7.56. The minimum absolute atomic E-state index is 0.133. The van der Waals surface area contributed by atoms with Crippen molar-refractivity contribution in [3.05, 3.63) is 82.1 Å². The Balaban J connectivity index is 1.74. The van der Waals surface area contributed by atoms with Crippen molar-refractivity contribution in [2.75, 3.05) is 0 Å². The molecule has 2 aromatic heterocycles. The molecule has 2 heterocycles. The van der Waals surface area contributed by atoms with Crippen molar-refractivity contribution in [3.8, 4) is 11.3 Å². The number of nitrogens with one attached hydrogen (secondary N) is 1. The van der Waals surface area contributed by atoms with Gasteiger partial charge in [0.1, 0.15) is 0 Å². The normalized spacial score (nSPS) is 11.0. The predicted molar refractivity (Wildman–Crippen MR) is 114 cm³/mol. The van der Waals surface area contributed by atoms with Crippen molar-refractivity contribution in [2.45, 2.75) is 13.5 Å². The lowest BCUT2D eigenvalue weighted by Crippen LogP contribution is -2.23. The SMILES string of the molecule is Cc1c(CNC(=O)c2cc(-c3ccccc3)nc3ccc(Br)cc23)cnn1C. The Kier molecular flexibility index (Phi) is 4.96. The quantitative estimate of drug-likeness (QED) is 0.508. The Morgan fingerprint density at radius 3 is 2.64 bits per heavy atom. The number of aromatic nitrogens is 3. The first-order chi connectivity index (χ1) is 13.5. The third-order valence-electron chi connectivity index (χ3n) is 4.86. The standard InChI is InChI=1S/C22H19BrN4O/c1-14-16(13-25-27(14)2)12-24-22(28)19-11-21(15-6-4-3-5-7-15)26-20-9-8-17(23)10-18(19)20/h3-11,13H,12H2,1-2H3,(H,24,28). The number of fused-ring (bicyclic) bond motifs is 1. The first kappa shape index (κ1) is 18.4. The van der Waals surface area contributed by atoms with E-state index in [1.165, 1.54) is 0 Å². The van der Waals surface area contributed by atoms with Crippen LogP contribution >= 0.6 is 15.9 Å². The van der Waals surface area contributed by atoms with Gasteiger partial charge in [-0.1, -0.05) is 46.3 Å². The molecule has 0 bridgehead atoms. The molecule has 1 amide bonds. The molecule has 2 aromatic carbocycles. The largest absolute Gasteiger partial charge is 0.348 e. The summed E-state index contributed by atoms with van der Waals surface area (Å²) in [6.07, 6.45) is 1.78. The Morgan fingerprint density at radius 2 is 1.93 bits per heavy atom. The molecule has 1 N–H and O–H groups in total. The fourth-order valence-corrected chi connectivity index (χ4v) is 3.49. The summed E-state index contributed by atoms with van der Waals surface area (Å²) >= 11 is 3.50. The highest BCUT2D eigenvalue weighted by molar-refractivity contribution is 9.10. The summed E-state index contributed by atoms with van der Waals surface area (Å²) in [5.41, 5.74) is 5.17. The van der Waals surface area contributed by atoms with E-state index in [4.69, 9.17) is 4.98 Å². The summed E-state index contributed by atoms with van der Waals surface area (Å²) in [7, 11) is 1.89. The number of halogens is 1. The van der Waals surface area contributed by atoms with Crippen LogP contribution in [0.25, 0.3) is 22.2 Å². The topological polar surface area (TPSA) is 59.8 Å². The van der Waals surface area contributed by atoms with E-state index in [0.29, 0.717) is 12.1 Å². The molecule has 0 aliphatic heterocycles. The molecule has 0 spiro atoms. The molecular formula is C22H19BrN4O. The van der Waals surface area contributed by atoms with Crippen LogP contribution in [0.2, 0.25) is 0 Å². The van der Waals surface area contributed by atoms with E-state index < -0.39 is 0 Å². The molecule has 0 saturated carbocycles. The zero-order valence-electron chi connectivity index (χ0n) is 15.6. The minimum Gasteiger partial charge on any atom is -0.348 e. The van der Waals surface area contributed by atoms with E-state index in [1.807, 2.05) is 68.6 Å². The van der Waals surface area contributed by atoms with Crippen LogP contribution in [0.1, 0.15) is 21.6 Å². The van der Waals surface area contributed by atoms with E-state index in [9.17, 15) is 4.79 Å². The van der Waals surface area contributed by atoms with Gasteiger partial charge in [0.25, 0.3) is 5.91 Å². The maximum Gasteiger partial charge on any atom is 0.252 e. The van der Waals surface area contributed by atoms with Gasteiger partial charge in [-0.2, -0.15) is 5.10 Å². The fourth-order valence-electron chi connectivity index (χ4n) is 3.13. The van der Waals surface area contributed by atoms with E-state index in [1.54, 1.807) is 10.9 Å². The molecule has 4 aromatic rings. The molecule has 140 valence electrons. The number of rotatable bonds is 4. The number of carbonyl (C=O) groups is 1. The summed E-state index contributed by atoms with van der Waals surface area (Å²) in [6, 6.07) is 17.5. The molecule has 4 rings (SSSR count). The number of carbonyl (C=O) groups excluding carboxylic acids is 1. The number of hydrogen-bond acceptors (Lipinski definition) is 3. The van der Waals surface area contributed by atoms with Crippen LogP contribution < -0.4 is 5.32 Å². The molecule has 5 nitrogen and oxygen atoms in total. The Morgan fingerprint density at radius 1 is 1.14 bits per heavy atom. The molecule has 0 saturated heterocycles. The van der Waals surface area contributed by atoms with E-state index in [2.05, 4.69) is 26.3 Å². The van der Waals surface area contributed by atoms with Gasteiger partial charge in [0.2, 0.25) is 0 Å². The third kappa shape index (κ3) is 3.55. The third-order valence-corrected chi connectivity index (χ3v) is 5.35. The van der Waals surface area contributed by atoms with Gasteiger partial charge in [-0.3, -0.25) is 9.48 Å². The first-order valence-corrected chi connectivity index (χ1v) is 9.73. The van der Waals surface area contributed by atoms with Crippen LogP contribution in [-0.4, -0.2) is 20.7 Å². The summed E-state index contributed by atoms with van der Waals surface area (Å²) in [5.74, 6) is -0.133. The Labute approximate surface area is 171 Å². The second kappa shape index (κ2) is 7.56. The summed E-state index contributed by atoms with van der Waals surface area (Å²) < 4.78 is 2.71. The second-order valence-electron chi connectivity index (χ2n) is 6.64. The van der Waals surface area contributed by atoms with Crippen LogP contribution in [0.5, 0.6) is 0 Å². The molecule has 28 heavy (non-hydrogen) atoms. The molecule has 0 aliphatic rings. The van der Waals surface area contributed by atoms with Gasteiger partial charge in [0, 0.05) is 40.3 Å². The highest BCUT2D eigenvalue weighted by Crippen LogP contribution is 2.27. The molecule has 0 atom stereocenters. The van der Waals surface area contributed by atoms with Crippen LogP contribution in [0.3, 0.4) is 0 Å². The lowest BCUT2D eigenvalue weighted by molar-refractivity contribution is 0.0952. The molecule has 0 aliphatic carbocycles.